The molecule has 0 saturated heterocycles. The van der Waals surface area contributed by atoms with E-state index in [9.17, 15) is 9.59 Å². The van der Waals surface area contributed by atoms with Gasteiger partial charge in [-0.25, -0.2) is 9.79 Å². The molecule has 3 aromatic rings. The van der Waals surface area contributed by atoms with E-state index in [1.54, 1.807) is 50.3 Å². The summed E-state index contributed by atoms with van der Waals surface area (Å²) in [5, 5.41) is 0. The molecule has 2 aromatic carbocycles. The fourth-order valence-corrected chi connectivity index (χ4v) is 5.88. The van der Waals surface area contributed by atoms with E-state index in [1.807, 2.05) is 0 Å². The number of halogens is 1. The zero-order chi connectivity index (χ0) is 29.0. The lowest BCUT2D eigenvalue weighted by atomic mass is 9.95. The number of thiazole rings is 1. The molecule has 0 aliphatic carbocycles. The summed E-state index contributed by atoms with van der Waals surface area (Å²) in [6.07, 6.45) is 7.11. The van der Waals surface area contributed by atoms with Gasteiger partial charge in [0.25, 0.3) is 5.56 Å². The number of allylic oxidation sites excluding steroid dienone is 1. The first-order valence-electron chi connectivity index (χ1n) is 12.1. The van der Waals surface area contributed by atoms with Crippen molar-refractivity contribution in [2.24, 2.45) is 4.99 Å². The standard InChI is InChI=1S/C29H27BrN2O7S/c1-7-11-39-26-18(12-19(30)15-22(26)37-6)14-23-27(33)32-25(17-9-10-20(35-4)21(13-17)36-5)24(28(34)38-8-2)16(3)31-29(32)40-23/h1,9-10,12-15,25H,8,11H2,2-6H3/b23-14-/t25-/m0/s1. The fourth-order valence-electron chi connectivity index (χ4n) is 4.39. The molecule has 0 saturated carbocycles. The summed E-state index contributed by atoms with van der Waals surface area (Å²) >= 11 is 4.67. The van der Waals surface area contributed by atoms with Crippen molar-refractivity contribution in [2.45, 2.75) is 19.9 Å². The van der Waals surface area contributed by atoms with Crippen LogP contribution in [0, 0.1) is 12.3 Å². The molecule has 0 unspecified atom stereocenters. The third-order valence-electron chi connectivity index (χ3n) is 6.10. The first kappa shape index (κ1) is 29.0. The number of rotatable bonds is 9. The van der Waals surface area contributed by atoms with Gasteiger partial charge in [0.15, 0.2) is 27.8 Å². The van der Waals surface area contributed by atoms with Crippen molar-refractivity contribution in [2.75, 3.05) is 34.5 Å². The Morgan fingerprint density at radius 1 is 1.15 bits per heavy atom. The highest BCUT2D eigenvalue weighted by Gasteiger charge is 2.34. The topological polar surface area (TPSA) is 97.6 Å². The second-order valence-corrected chi connectivity index (χ2v) is 10.4. The molecule has 1 aliphatic rings. The first-order chi connectivity index (χ1) is 19.3. The number of ether oxygens (including phenoxy) is 5. The number of benzene rings is 2. The molecule has 0 bridgehead atoms. The first-order valence-corrected chi connectivity index (χ1v) is 13.7. The van der Waals surface area contributed by atoms with Gasteiger partial charge in [-0.15, -0.1) is 6.42 Å². The summed E-state index contributed by atoms with van der Waals surface area (Å²) in [6, 6.07) is 7.98. The zero-order valence-corrected chi connectivity index (χ0v) is 25.0. The Morgan fingerprint density at radius 3 is 2.52 bits per heavy atom. The van der Waals surface area contributed by atoms with Crippen LogP contribution in [0.5, 0.6) is 23.0 Å². The van der Waals surface area contributed by atoms with Gasteiger partial charge in [0.1, 0.15) is 6.61 Å². The second-order valence-electron chi connectivity index (χ2n) is 8.44. The number of hydrogen-bond acceptors (Lipinski definition) is 9. The largest absolute Gasteiger partial charge is 0.493 e. The van der Waals surface area contributed by atoms with Crippen molar-refractivity contribution < 1.29 is 28.5 Å². The van der Waals surface area contributed by atoms with Crippen LogP contribution in [-0.4, -0.2) is 45.1 Å². The summed E-state index contributed by atoms with van der Waals surface area (Å²) in [6.45, 7) is 3.63. The molecular formula is C29H27BrN2O7S. The van der Waals surface area contributed by atoms with E-state index in [2.05, 4.69) is 26.8 Å². The summed E-state index contributed by atoms with van der Waals surface area (Å²) < 4.78 is 30.1. The Labute approximate surface area is 243 Å². The SMILES string of the molecule is C#CCOc1c(/C=c2\sc3n(c2=O)[C@@H](c2ccc(OC)c(OC)c2)C(C(=O)OCC)=C(C)N=3)cc(Br)cc1OC. The van der Waals surface area contributed by atoms with E-state index in [1.165, 1.54) is 37.2 Å². The third kappa shape index (κ3) is 5.50. The predicted molar refractivity (Wildman–Crippen MR) is 155 cm³/mol. The van der Waals surface area contributed by atoms with Gasteiger partial charge in [0.2, 0.25) is 0 Å². The van der Waals surface area contributed by atoms with Crippen LogP contribution in [0.1, 0.15) is 31.0 Å². The van der Waals surface area contributed by atoms with Crippen LogP contribution >= 0.6 is 27.3 Å². The lowest BCUT2D eigenvalue weighted by Gasteiger charge is -2.25. The van der Waals surface area contributed by atoms with Gasteiger partial charge in [-0.05, 0) is 49.8 Å². The number of fused-ring (bicyclic) bond motifs is 1. The van der Waals surface area contributed by atoms with Crippen LogP contribution in [-0.2, 0) is 9.53 Å². The van der Waals surface area contributed by atoms with Crippen LogP contribution in [0.4, 0.5) is 0 Å². The molecule has 9 nitrogen and oxygen atoms in total. The normalized spacial score (nSPS) is 14.6. The predicted octanol–water partition coefficient (Wildman–Crippen LogP) is 3.60. The molecule has 0 N–H and O–H groups in total. The molecule has 0 spiro atoms. The second kappa shape index (κ2) is 12.4. The van der Waals surface area contributed by atoms with E-state index in [0.29, 0.717) is 49.2 Å². The van der Waals surface area contributed by atoms with E-state index in [4.69, 9.17) is 30.1 Å². The molecule has 4 rings (SSSR count). The summed E-state index contributed by atoms with van der Waals surface area (Å²) in [7, 11) is 4.57. The molecule has 208 valence electrons. The number of esters is 1. The van der Waals surface area contributed by atoms with Crippen LogP contribution < -0.4 is 33.8 Å². The summed E-state index contributed by atoms with van der Waals surface area (Å²) in [5.41, 5.74) is 1.57. The Morgan fingerprint density at radius 2 is 1.88 bits per heavy atom. The van der Waals surface area contributed by atoms with Crippen molar-refractivity contribution in [3.63, 3.8) is 0 Å². The molecule has 11 heteroatoms. The molecule has 0 radical (unpaired) electrons. The van der Waals surface area contributed by atoms with Crippen LogP contribution in [0.3, 0.4) is 0 Å². The highest BCUT2D eigenvalue weighted by atomic mass is 79.9. The van der Waals surface area contributed by atoms with E-state index in [-0.39, 0.29) is 24.3 Å². The highest BCUT2D eigenvalue weighted by Crippen LogP contribution is 2.37. The minimum Gasteiger partial charge on any atom is -0.493 e. The number of aromatic nitrogens is 1. The van der Waals surface area contributed by atoms with Gasteiger partial charge in [0, 0.05) is 10.0 Å². The van der Waals surface area contributed by atoms with E-state index < -0.39 is 12.0 Å². The Balaban J connectivity index is 1.99. The smallest absolute Gasteiger partial charge is 0.338 e. The summed E-state index contributed by atoms with van der Waals surface area (Å²) in [5.74, 6) is 3.71. The van der Waals surface area contributed by atoms with Crippen molar-refractivity contribution in [1.82, 2.24) is 4.57 Å². The molecule has 0 amide bonds. The Bertz CT molecular complexity index is 1720. The van der Waals surface area contributed by atoms with Crippen molar-refractivity contribution >= 4 is 39.3 Å². The number of hydrogen-bond donors (Lipinski definition) is 0. The lowest BCUT2D eigenvalue weighted by Crippen LogP contribution is -2.40. The van der Waals surface area contributed by atoms with Gasteiger partial charge in [0.05, 0.1) is 49.8 Å². The summed E-state index contributed by atoms with van der Waals surface area (Å²) in [4.78, 5) is 32.2. The van der Waals surface area contributed by atoms with Gasteiger partial charge >= 0.3 is 5.97 Å². The van der Waals surface area contributed by atoms with Gasteiger partial charge in [-0.2, -0.15) is 0 Å². The van der Waals surface area contributed by atoms with Gasteiger partial charge in [-0.1, -0.05) is 39.3 Å². The highest BCUT2D eigenvalue weighted by molar-refractivity contribution is 9.10. The van der Waals surface area contributed by atoms with Gasteiger partial charge in [-0.3, -0.25) is 9.36 Å². The Hall–Kier alpha value is -4.01. The third-order valence-corrected chi connectivity index (χ3v) is 7.54. The lowest BCUT2D eigenvalue weighted by molar-refractivity contribution is -0.139. The number of nitrogens with zero attached hydrogens (tertiary/aromatic N) is 2. The number of carbonyl (C=O) groups is 1. The van der Waals surface area contributed by atoms with Crippen molar-refractivity contribution in [3.8, 4) is 35.3 Å². The average Bonchev–Trinajstić information content (AvgIpc) is 3.24. The zero-order valence-electron chi connectivity index (χ0n) is 22.6. The number of carbonyl (C=O) groups excluding carboxylic acids is 1. The maximum atomic E-state index is 14.0. The van der Waals surface area contributed by atoms with Crippen molar-refractivity contribution in [3.05, 3.63) is 76.9 Å². The van der Waals surface area contributed by atoms with E-state index in [0.717, 1.165) is 4.47 Å². The molecule has 1 atom stereocenters. The average molecular weight is 628 g/mol. The van der Waals surface area contributed by atoms with Crippen molar-refractivity contribution in [1.29, 1.82) is 0 Å². The maximum absolute atomic E-state index is 14.0. The Kier molecular flexibility index (Phi) is 9.02. The maximum Gasteiger partial charge on any atom is 0.338 e. The molecule has 0 fully saturated rings. The molecule has 2 heterocycles. The van der Waals surface area contributed by atoms with Crippen LogP contribution in [0.15, 0.2) is 55.9 Å². The number of methoxy groups -OCH3 is 3. The molecular weight excluding hydrogens is 600 g/mol. The van der Waals surface area contributed by atoms with Crippen LogP contribution in [0.25, 0.3) is 6.08 Å². The fraction of sp³-hybridized carbons (Fsp3) is 0.276. The molecule has 1 aliphatic heterocycles. The molecule has 40 heavy (non-hydrogen) atoms. The van der Waals surface area contributed by atoms with Crippen LogP contribution in [0.2, 0.25) is 0 Å². The number of terminal acetylenes is 1. The minimum atomic E-state index is -0.813. The minimum absolute atomic E-state index is 0.0154. The van der Waals surface area contributed by atoms with Gasteiger partial charge < -0.3 is 23.7 Å². The quantitative estimate of drug-likeness (QED) is 0.264. The van der Waals surface area contributed by atoms with E-state index >= 15 is 0 Å². The monoisotopic (exact) mass is 626 g/mol. The molecule has 1 aromatic heterocycles.